The van der Waals surface area contributed by atoms with E-state index in [0.717, 1.165) is 38.4 Å². The second-order valence-corrected chi connectivity index (χ2v) is 4.44. The van der Waals surface area contributed by atoms with Crippen molar-refractivity contribution in [2.75, 3.05) is 26.3 Å². The number of nitrogens with one attached hydrogen (secondary N) is 1. The quantitative estimate of drug-likeness (QED) is 0.483. The van der Waals surface area contributed by atoms with Gasteiger partial charge in [0.15, 0.2) is 0 Å². The minimum absolute atomic E-state index is 0.530. The Kier molecular flexibility index (Phi) is 5.09. The molecule has 0 aromatic heterocycles. The smallest absolute Gasteiger partial charge is 0.267 e. The van der Waals surface area contributed by atoms with Crippen LogP contribution in [0.25, 0.3) is 6.08 Å². The molecule has 0 aliphatic carbocycles. The van der Waals surface area contributed by atoms with Gasteiger partial charge in [-0.25, -0.2) is 5.48 Å². The van der Waals surface area contributed by atoms with Crippen LogP contribution in [-0.2, 0) is 16.1 Å². The average Bonchev–Trinajstić information content (AvgIpc) is 2.47. The molecule has 0 radical (unpaired) electrons. The summed E-state index contributed by atoms with van der Waals surface area (Å²) in [7, 11) is 0. The van der Waals surface area contributed by atoms with Crippen molar-refractivity contribution in [3.8, 4) is 0 Å². The maximum absolute atomic E-state index is 10.8. The Labute approximate surface area is 112 Å². The molecule has 1 saturated heterocycles. The topological polar surface area (TPSA) is 61.8 Å². The van der Waals surface area contributed by atoms with Crippen molar-refractivity contribution in [3.05, 3.63) is 41.5 Å². The minimum atomic E-state index is -0.530. The minimum Gasteiger partial charge on any atom is -0.379 e. The van der Waals surface area contributed by atoms with Crippen LogP contribution in [0.5, 0.6) is 0 Å². The third-order valence-corrected chi connectivity index (χ3v) is 3.03. The zero-order valence-corrected chi connectivity index (χ0v) is 10.7. The highest BCUT2D eigenvalue weighted by atomic mass is 16.5. The zero-order valence-electron chi connectivity index (χ0n) is 10.7. The number of morpholine rings is 1. The summed E-state index contributed by atoms with van der Waals surface area (Å²) in [6, 6.07) is 8.01. The van der Waals surface area contributed by atoms with Gasteiger partial charge in [-0.2, -0.15) is 0 Å². The van der Waals surface area contributed by atoms with Crippen LogP contribution in [0.15, 0.2) is 30.3 Å². The maximum atomic E-state index is 10.8. The van der Waals surface area contributed by atoms with E-state index >= 15 is 0 Å². The van der Waals surface area contributed by atoms with Crippen molar-refractivity contribution in [1.82, 2.24) is 10.4 Å². The number of benzene rings is 1. The van der Waals surface area contributed by atoms with Crippen LogP contribution in [0.4, 0.5) is 0 Å². The average molecular weight is 262 g/mol. The molecule has 1 heterocycles. The fourth-order valence-electron chi connectivity index (χ4n) is 1.96. The molecule has 19 heavy (non-hydrogen) atoms. The standard InChI is InChI=1S/C14H18N2O3/c17-14(15-18)6-5-12-1-3-13(4-2-12)11-16-7-9-19-10-8-16/h1-6,18H,7-11H2,(H,15,17)/b6-5+. The SMILES string of the molecule is O=C(/C=C/c1ccc(CN2CCOCC2)cc1)NO. The van der Waals surface area contributed by atoms with Crippen molar-refractivity contribution in [2.45, 2.75) is 6.54 Å². The number of hydrogen-bond acceptors (Lipinski definition) is 4. The molecule has 0 atom stereocenters. The van der Waals surface area contributed by atoms with Gasteiger partial charge in [-0.3, -0.25) is 14.9 Å². The van der Waals surface area contributed by atoms with Crippen LogP contribution >= 0.6 is 0 Å². The van der Waals surface area contributed by atoms with Gasteiger partial charge in [0.2, 0.25) is 0 Å². The van der Waals surface area contributed by atoms with Gasteiger partial charge in [-0.15, -0.1) is 0 Å². The van der Waals surface area contributed by atoms with Gasteiger partial charge in [0.25, 0.3) is 5.91 Å². The van der Waals surface area contributed by atoms with Gasteiger partial charge >= 0.3 is 0 Å². The zero-order chi connectivity index (χ0) is 13.5. The van der Waals surface area contributed by atoms with Crippen LogP contribution in [0, 0.1) is 0 Å². The second-order valence-electron chi connectivity index (χ2n) is 4.44. The predicted molar refractivity (Wildman–Crippen MR) is 71.5 cm³/mol. The summed E-state index contributed by atoms with van der Waals surface area (Å²) in [4.78, 5) is 13.2. The van der Waals surface area contributed by atoms with E-state index in [1.807, 2.05) is 24.3 Å². The Morgan fingerprint density at radius 3 is 2.63 bits per heavy atom. The van der Waals surface area contributed by atoms with E-state index in [1.165, 1.54) is 11.6 Å². The molecule has 1 aromatic carbocycles. The van der Waals surface area contributed by atoms with Gasteiger partial charge in [0, 0.05) is 25.7 Å². The number of carbonyl (C=O) groups excluding carboxylic acids is 1. The summed E-state index contributed by atoms with van der Waals surface area (Å²) >= 11 is 0. The number of amides is 1. The number of ether oxygens (including phenoxy) is 1. The summed E-state index contributed by atoms with van der Waals surface area (Å²) in [5.74, 6) is -0.530. The first-order valence-corrected chi connectivity index (χ1v) is 6.29. The Balaban J connectivity index is 1.90. The van der Waals surface area contributed by atoms with E-state index in [4.69, 9.17) is 9.94 Å². The summed E-state index contributed by atoms with van der Waals surface area (Å²) < 4.78 is 5.31. The molecule has 1 aliphatic heterocycles. The fourth-order valence-corrected chi connectivity index (χ4v) is 1.96. The van der Waals surface area contributed by atoms with E-state index < -0.39 is 5.91 Å². The third kappa shape index (κ3) is 4.48. The Hall–Kier alpha value is -1.69. The second kappa shape index (κ2) is 7.04. The summed E-state index contributed by atoms with van der Waals surface area (Å²) in [6.45, 7) is 4.47. The first-order valence-electron chi connectivity index (χ1n) is 6.29. The fraction of sp³-hybridized carbons (Fsp3) is 0.357. The van der Waals surface area contributed by atoms with Crippen LogP contribution < -0.4 is 5.48 Å². The van der Waals surface area contributed by atoms with Gasteiger partial charge in [-0.05, 0) is 17.2 Å². The lowest BCUT2D eigenvalue weighted by atomic mass is 10.1. The molecule has 1 aliphatic rings. The number of nitrogens with zero attached hydrogens (tertiary/aromatic N) is 1. The number of hydroxylamine groups is 1. The molecule has 5 heteroatoms. The highest BCUT2D eigenvalue weighted by Gasteiger charge is 2.10. The summed E-state index contributed by atoms with van der Waals surface area (Å²) in [5.41, 5.74) is 3.72. The van der Waals surface area contributed by atoms with E-state index in [1.54, 1.807) is 11.6 Å². The number of hydrogen-bond donors (Lipinski definition) is 2. The molecule has 0 saturated carbocycles. The van der Waals surface area contributed by atoms with E-state index in [0.29, 0.717) is 0 Å². The number of carbonyl (C=O) groups is 1. The molecule has 102 valence electrons. The van der Waals surface area contributed by atoms with Crippen molar-refractivity contribution in [3.63, 3.8) is 0 Å². The molecule has 1 fully saturated rings. The van der Waals surface area contributed by atoms with Gasteiger partial charge in [0.1, 0.15) is 0 Å². The normalized spacial score (nSPS) is 16.7. The molecule has 2 N–H and O–H groups in total. The lowest BCUT2D eigenvalue weighted by Gasteiger charge is -2.26. The third-order valence-electron chi connectivity index (χ3n) is 3.03. The van der Waals surface area contributed by atoms with Gasteiger partial charge in [-0.1, -0.05) is 24.3 Å². The van der Waals surface area contributed by atoms with E-state index in [-0.39, 0.29) is 0 Å². The van der Waals surface area contributed by atoms with E-state index in [9.17, 15) is 4.79 Å². The van der Waals surface area contributed by atoms with Crippen molar-refractivity contribution >= 4 is 12.0 Å². The molecular weight excluding hydrogens is 244 g/mol. The summed E-state index contributed by atoms with van der Waals surface area (Å²) in [6.07, 6.45) is 2.95. The first kappa shape index (κ1) is 13.7. The summed E-state index contributed by atoms with van der Waals surface area (Å²) in [5, 5.41) is 8.37. The molecule has 0 unspecified atom stereocenters. The number of rotatable bonds is 4. The highest BCUT2D eigenvalue weighted by molar-refractivity contribution is 5.90. The largest absolute Gasteiger partial charge is 0.379 e. The predicted octanol–water partition coefficient (Wildman–Crippen LogP) is 1.04. The van der Waals surface area contributed by atoms with Crippen LogP contribution in [0.3, 0.4) is 0 Å². The van der Waals surface area contributed by atoms with Crippen molar-refractivity contribution < 1.29 is 14.7 Å². The first-order chi connectivity index (χ1) is 9.28. The van der Waals surface area contributed by atoms with E-state index in [2.05, 4.69) is 4.90 Å². The molecular formula is C14H18N2O3. The van der Waals surface area contributed by atoms with Gasteiger partial charge < -0.3 is 4.74 Å². The van der Waals surface area contributed by atoms with Crippen molar-refractivity contribution in [1.29, 1.82) is 0 Å². The molecule has 0 spiro atoms. The van der Waals surface area contributed by atoms with Crippen LogP contribution in [0.1, 0.15) is 11.1 Å². The highest BCUT2D eigenvalue weighted by Crippen LogP contribution is 2.10. The van der Waals surface area contributed by atoms with Crippen LogP contribution in [-0.4, -0.2) is 42.3 Å². The molecule has 1 amide bonds. The Morgan fingerprint density at radius 2 is 2.00 bits per heavy atom. The molecule has 1 aromatic rings. The van der Waals surface area contributed by atoms with Crippen LogP contribution in [0.2, 0.25) is 0 Å². The lowest BCUT2D eigenvalue weighted by molar-refractivity contribution is -0.124. The van der Waals surface area contributed by atoms with Crippen molar-refractivity contribution in [2.24, 2.45) is 0 Å². The lowest BCUT2D eigenvalue weighted by Crippen LogP contribution is -2.35. The Bertz CT molecular complexity index is 437. The monoisotopic (exact) mass is 262 g/mol. The maximum Gasteiger partial charge on any atom is 0.267 e. The molecule has 5 nitrogen and oxygen atoms in total. The molecule has 0 bridgehead atoms. The molecule has 2 rings (SSSR count). The van der Waals surface area contributed by atoms with Gasteiger partial charge in [0.05, 0.1) is 13.2 Å². The Morgan fingerprint density at radius 1 is 1.32 bits per heavy atom.